The number of halogens is 7. The zero-order valence-electron chi connectivity index (χ0n) is 13.2. The van der Waals surface area contributed by atoms with E-state index in [2.05, 4.69) is 4.99 Å². The monoisotopic (exact) mass is 393 g/mol. The molecule has 0 N–H and O–H groups in total. The van der Waals surface area contributed by atoms with Crippen LogP contribution in [0, 0.1) is 5.82 Å². The van der Waals surface area contributed by atoms with Crippen LogP contribution in [-0.2, 0) is 0 Å². The van der Waals surface area contributed by atoms with Gasteiger partial charge in [0.25, 0.3) is 11.4 Å². The number of allylic oxidation sites excluding steroid dienone is 2. The summed E-state index contributed by atoms with van der Waals surface area (Å²) in [7, 11) is 0. The number of amides is 1. The van der Waals surface area contributed by atoms with E-state index in [1.54, 1.807) is 0 Å². The Bertz CT molecular complexity index is 840. The van der Waals surface area contributed by atoms with E-state index in [1.807, 2.05) is 0 Å². The lowest BCUT2D eigenvalue weighted by atomic mass is 9.96. The number of rotatable bonds is 1. The van der Waals surface area contributed by atoms with Gasteiger partial charge in [-0.05, 0) is 24.3 Å². The van der Waals surface area contributed by atoms with Crippen LogP contribution in [-0.4, -0.2) is 46.2 Å². The number of hydrogen-bond donors (Lipinski definition) is 0. The summed E-state index contributed by atoms with van der Waals surface area (Å²) in [5.41, 5.74) is -5.21. The number of hydrazine groups is 1. The number of aliphatic imine (C=N–C) groups is 1. The van der Waals surface area contributed by atoms with E-state index in [4.69, 9.17) is 0 Å². The Morgan fingerprint density at radius 2 is 1.67 bits per heavy atom. The molecule has 0 unspecified atom stereocenters. The predicted molar refractivity (Wildman–Crippen MR) is 79.8 cm³/mol. The summed E-state index contributed by atoms with van der Waals surface area (Å²) in [6, 6.07) is 4.31. The molecule has 2 aliphatic heterocycles. The van der Waals surface area contributed by atoms with Crippen molar-refractivity contribution < 1.29 is 35.5 Å². The standard InChI is InChI=1S/C16H10F7N3O/c17-11-6-2-1-5-10(11)13(27)26-9-14(15(18,19)20,16(21,22)23)24-12-7-3-4-8-25(12)26/h1-8H,9H2. The molecule has 0 saturated carbocycles. The quantitative estimate of drug-likeness (QED) is 0.680. The van der Waals surface area contributed by atoms with Gasteiger partial charge in [0.15, 0.2) is 0 Å². The van der Waals surface area contributed by atoms with Gasteiger partial charge in [0.1, 0.15) is 11.7 Å². The number of carbonyl (C=O) groups excluding carboxylic acids is 1. The normalized spacial score (nSPS) is 19.0. The number of alkyl halides is 6. The molecule has 1 aromatic rings. The maximum atomic E-state index is 13.9. The van der Waals surface area contributed by atoms with Gasteiger partial charge in [0.05, 0.1) is 12.1 Å². The summed E-state index contributed by atoms with van der Waals surface area (Å²) >= 11 is 0. The lowest BCUT2D eigenvalue weighted by Crippen LogP contribution is -2.68. The van der Waals surface area contributed by atoms with Crippen LogP contribution in [0.15, 0.2) is 53.7 Å². The van der Waals surface area contributed by atoms with Crippen LogP contribution in [0.2, 0.25) is 0 Å². The van der Waals surface area contributed by atoms with Gasteiger partial charge in [-0.1, -0.05) is 18.2 Å². The summed E-state index contributed by atoms with van der Waals surface area (Å²) < 4.78 is 94.7. The molecular formula is C16H10F7N3O. The Kier molecular flexibility index (Phi) is 4.28. The van der Waals surface area contributed by atoms with Crippen molar-refractivity contribution in [2.45, 2.75) is 17.9 Å². The number of nitrogens with zero attached hydrogens (tertiary/aromatic N) is 3. The first kappa shape index (κ1) is 18.9. The van der Waals surface area contributed by atoms with E-state index in [1.165, 1.54) is 24.3 Å². The molecule has 1 amide bonds. The van der Waals surface area contributed by atoms with E-state index >= 15 is 0 Å². The van der Waals surface area contributed by atoms with Crippen molar-refractivity contribution >= 4 is 11.7 Å². The Morgan fingerprint density at radius 3 is 2.26 bits per heavy atom. The van der Waals surface area contributed by atoms with Crippen LogP contribution in [0.1, 0.15) is 10.4 Å². The van der Waals surface area contributed by atoms with Gasteiger partial charge >= 0.3 is 12.4 Å². The SMILES string of the molecule is O=C(c1ccccc1F)N1CC(C(F)(F)F)(C(F)(F)F)N=C2C=CC=CN21. The molecule has 11 heteroatoms. The van der Waals surface area contributed by atoms with Gasteiger partial charge in [-0.3, -0.25) is 4.79 Å². The summed E-state index contributed by atoms with van der Waals surface area (Å²) in [6.45, 7) is -1.88. The lowest BCUT2D eigenvalue weighted by Gasteiger charge is -2.46. The molecule has 144 valence electrons. The molecule has 3 rings (SSSR count). The topological polar surface area (TPSA) is 35.9 Å². The van der Waals surface area contributed by atoms with Crippen molar-refractivity contribution in [3.63, 3.8) is 0 Å². The minimum absolute atomic E-state index is 0.182. The van der Waals surface area contributed by atoms with E-state index in [-0.39, 0.29) is 5.01 Å². The molecule has 0 fully saturated rings. The van der Waals surface area contributed by atoms with Gasteiger partial charge in [0.2, 0.25) is 0 Å². The van der Waals surface area contributed by atoms with Gasteiger partial charge in [0, 0.05) is 6.20 Å². The van der Waals surface area contributed by atoms with Gasteiger partial charge < -0.3 is 0 Å². The van der Waals surface area contributed by atoms with E-state index in [0.717, 1.165) is 29.4 Å². The number of hydrogen-bond acceptors (Lipinski definition) is 3. The highest BCUT2D eigenvalue weighted by atomic mass is 19.4. The summed E-state index contributed by atoms with van der Waals surface area (Å²) in [5, 5.41) is 0.909. The van der Waals surface area contributed by atoms with Crippen LogP contribution in [0.3, 0.4) is 0 Å². The van der Waals surface area contributed by atoms with Crippen LogP contribution >= 0.6 is 0 Å². The maximum Gasteiger partial charge on any atom is 0.424 e. The predicted octanol–water partition coefficient (Wildman–Crippen LogP) is 3.84. The molecule has 1 aromatic carbocycles. The van der Waals surface area contributed by atoms with Gasteiger partial charge in [-0.2, -0.15) is 26.3 Å². The fourth-order valence-electron chi connectivity index (χ4n) is 2.65. The highest BCUT2D eigenvalue weighted by molar-refractivity contribution is 6.01. The molecule has 2 heterocycles. The molecule has 0 spiro atoms. The summed E-state index contributed by atoms with van der Waals surface area (Å²) in [4.78, 5) is 15.5. The van der Waals surface area contributed by atoms with E-state index < -0.39 is 47.6 Å². The third-order valence-corrected chi connectivity index (χ3v) is 4.04. The van der Waals surface area contributed by atoms with Crippen molar-refractivity contribution in [3.8, 4) is 0 Å². The second-order valence-corrected chi connectivity index (χ2v) is 5.71. The highest BCUT2D eigenvalue weighted by Crippen LogP contribution is 2.48. The van der Waals surface area contributed by atoms with Crippen LogP contribution in [0.4, 0.5) is 30.7 Å². The largest absolute Gasteiger partial charge is 0.424 e. The molecule has 0 bridgehead atoms. The second-order valence-electron chi connectivity index (χ2n) is 5.71. The zero-order valence-corrected chi connectivity index (χ0v) is 13.2. The molecule has 27 heavy (non-hydrogen) atoms. The van der Waals surface area contributed by atoms with Crippen LogP contribution < -0.4 is 0 Å². The van der Waals surface area contributed by atoms with Crippen LogP contribution in [0.5, 0.6) is 0 Å². The van der Waals surface area contributed by atoms with E-state index in [9.17, 15) is 35.5 Å². The smallest absolute Gasteiger partial charge is 0.267 e. The number of fused-ring (bicyclic) bond motifs is 1. The van der Waals surface area contributed by atoms with Crippen molar-refractivity contribution in [1.29, 1.82) is 0 Å². The molecular weight excluding hydrogens is 383 g/mol. The third kappa shape index (κ3) is 2.96. The van der Waals surface area contributed by atoms with E-state index in [0.29, 0.717) is 0 Å². The average molecular weight is 393 g/mol. The molecule has 2 aliphatic rings. The molecule has 0 aromatic heterocycles. The average Bonchev–Trinajstić information content (AvgIpc) is 2.58. The Morgan fingerprint density at radius 1 is 1.04 bits per heavy atom. The van der Waals surface area contributed by atoms with Crippen molar-refractivity contribution in [2.24, 2.45) is 4.99 Å². The van der Waals surface area contributed by atoms with Gasteiger partial charge in [-0.25, -0.2) is 19.4 Å². The number of benzene rings is 1. The summed E-state index contributed by atoms with van der Waals surface area (Å²) in [6.07, 6.45) is -7.26. The fraction of sp³-hybridized carbons (Fsp3) is 0.250. The molecule has 0 saturated heterocycles. The number of carbonyl (C=O) groups is 1. The lowest BCUT2D eigenvalue weighted by molar-refractivity contribution is -0.302. The molecule has 0 atom stereocenters. The highest BCUT2D eigenvalue weighted by Gasteiger charge is 2.74. The molecule has 0 aliphatic carbocycles. The molecule has 4 nitrogen and oxygen atoms in total. The van der Waals surface area contributed by atoms with Crippen molar-refractivity contribution in [2.75, 3.05) is 6.54 Å². The zero-order chi connectivity index (χ0) is 20.0. The Labute approximate surface area is 147 Å². The fourth-order valence-corrected chi connectivity index (χ4v) is 2.65. The Balaban J connectivity index is 2.17. The third-order valence-electron chi connectivity index (χ3n) is 4.04. The first-order chi connectivity index (χ1) is 12.5. The first-order valence-corrected chi connectivity index (χ1v) is 7.42. The maximum absolute atomic E-state index is 13.9. The second kappa shape index (κ2) is 6.10. The van der Waals surface area contributed by atoms with Gasteiger partial charge in [-0.15, -0.1) is 0 Å². The van der Waals surface area contributed by atoms with Crippen molar-refractivity contribution in [3.05, 3.63) is 60.1 Å². The first-order valence-electron chi connectivity index (χ1n) is 7.42. The Hall–Kier alpha value is -2.85. The number of amidine groups is 1. The summed E-state index contributed by atoms with van der Waals surface area (Å²) in [5.74, 6) is -3.19. The minimum atomic E-state index is -5.84. The minimum Gasteiger partial charge on any atom is -0.267 e. The van der Waals surface area contributed by atoms with Crippen molar-refractivity contribution in [1.82, 2.24) is 10.0 Å². The van der Waals surface area contributed by atoms with Crippen LogP contribution in [0.25, 0.3) is 0 Å². The molecule has 0 radical (unpaired) electrons.